The van der Waals surface area contributed by atoms with E-state index in [4.69, 9.17) is 5.73 Å². The van der Waals surface area contributed by atoms with Crippen molar-refractivity contribution < 1.29 is 9.18 Å². The lowest BCUT2D eigenvalue weighted by atomic mass is 10.0. The summed E-state index contributed by atoms with van der Waals surface area (Å²) in [5, 5.41) is 7.39. The summed E-state index contributed by atoms with van der Waals surface area (Å²) in [6.07, 6.45) is 3.32. The predicted octanol–water partition coefficient (Wildman–Crippen LogP) is 3.79. The summed E-state index contributed by atoms with van der Waals surface area (Å²) in [5.74, 6) is -0.137. The van der Waals surface area contributed by atoms with Gasteiger partial charge in [-0.15, -0.1) is 11.3 Å². The molecule has 7 heteroatoms. The second-order valence-corrected chi connectivity index (χ2v) is 8.40. The number of carbonyl (C=O) groups excluding carboxylic acids is 1. The summed E-state index contributed by atoms with van der Waals surface area (Å²) >= 11 is 1.47. The van der Waals surface area contributed by atoms with Gasteiger partial charge in [0.15, 0.2) is 0 Å². The molecule has 0 bridgehead atoms. The topological polar surface area (TPSA) is 72.9 Å². The van der Waals surface area contributed by atoms with E-state index >= 15 is 0 Å². The predicted molar refractivity (Wildman–Crippen MR) is 116 cm³/mol. The molecule has 0 saturated carbocycles. The highest BCUT2D eigenvalue weighted by molar-refractivity contribution is 7.14. The molecule has 3 rings (SSSR count). The molecule has 1 atom stereocenters. The number of aromatic nitrogens is 2. The molecule has 1 amide bonds. The van der Waals surface area contributed by atoms with E-state index in [1.807, 2.05) is 49.1 Å². The molecule has 0 aliphatic heterocycles. The van der Waals surface area contributed by atoms with Crippen molar-refractivity contribution in [2.45, 2.75) is 39.4 Å². The number of thiophene rings is 1. The van der Waals surface area contributed by atoms with Crippen molar-refractivity contribution in [2.24, 2.45) is 12.8 Å². The minimum atomic E-state index is -0.501. The van der Waals surface area contributed by atoms with Gasteiger partial charge in [0.05, 0.1) is 16.8 Å². The third kappa shape index (κ3) is 4.74. The average Bonchev–Trinajstić information content (AvgIpc) is 3.29. The van der Waals surface area contributed by atoms with Gasteiger partial charge in [0.1, 0.15) is 6.67 Å². The highest BCUT2D eigenvalue weighted by Gasteiger charge is 2.20. The van der Waals surface area contributed by atoms with Gasteiger partial charge in [-0.2, -0.15) is 5.10 Å². The van der Waals surface area contributed by atoms with E-state index in [1.54, 1.807) is 6.07 Å². The molecule has 1 aromatic carbocycles. The van der Waals surface area contributed by atoms with Crippen LogP contribution in [0.2, 0.25) is 0 Å². The van der Waals surface area contributed by atoms with E-state index in [-0.39, 0.29) is 11.9 Å². The van der Waals surface area contributed by atoms with Crippen LogP contribution in [-0.2, 0) is 26.6 Å². The van der Waals surface area contributed by atoms with Crippen molar-refractivity contribution in [3.63, 3.8) is 0 Å². The van der Waals surface area contributed by atoms with Crippen LogP contribution in [0.15, 0.2) is 36.5 Å². The summed E-state index contributed by atoms with van der Waals surface area (Å²) < 4.78 is 14.8. The molecule has 2 aromatic heterocycles. The van der Waals surface area contributed by atoms with Gasteiger partial charge in [0, 0.05) is 30.1 Å². The number of halogens is 1. The van der Waals surface area contributed by atoms with Crippen molar-refractivity contribution >= 4 is 17.2 Å². The number of hydrogen-bond acceptors (Lipinski definition) is 4. The highest BCUT2D eigenvalue weighted by Crippen LogP contribution is 2.33. The molecule has 0 unspecified atom stereocenters. The molecule has 0 saturated heterocycles. The molecule has 0 aliphatic carbocycles. The van der Waals surface area contributed by atoms with Gasteiger partial charge in [0.2, 0.25) is 0 Å². The fraction of sp³-hybridized carbons (Fsp3) is 0.364. The third-order valence-corrected chi connectivity index (χ3v) is 6.09. The second-order valence-electron chi connectivity index (χ2n) is 7.14. The Hall–Kier alpha value is -2.51. The first kappa shape index (κ1) is 21.2. The Kier molecular flexibility index (Phi) is 6.82. The molecule has 0 fully saturated rings. The number of nitrogens with one attached hydrogen (secondary N) is 1. The number of aryl methyl sites for hydroxylation is 3. The number of hydrogen-bond donors (Lipinski definition) is 2. The summed E-state index contributed by atoms with van der Waals surface area (Å²) in [4.78, 5) is 14.6. The maximum absolute atomic E-state index is 12.9. The van der Waals surface area contributed by atoms with Gasteiger partial charge in [-0.3, -0.25) is 9.48 Å². The summed E-state index contributed by atoms with van der Waals surface area (Å²) in [6.45, 7) is 3.93. The Morgan fingerprint density at radius 1 is 1.34 bits per heavy atom. The number of nitrogens with zero attached hydrogens (tertiary/aromatic N) is 2. The van der Waals surface area contributed by atoms with Crippen LogP contribution >= 0.6 is 11.3 Å². The maximum Gasteiger partial charge on any atom is 0.261 e. The van der Waals surface area contributed by atoms with Crippen LogP contribution in [-0.4, -0.2) is 28.3 Å². The highest BCUT2D eigenvalue weighted by atomic mass is 32.1. The van der Waals surface area contributed by atoms with Crippen molar-refractivity contribution in [3.8, 4) is 11.3 Å². The number of carbonyl (C=O) groups is 1. The molecule has 0 aliphatic rings. The lowest BCUT2D eigenvalue weighted by molar-refractivity contribution is 0.0942. The van der Waals surface area contributed by atoms with Gasteiger partial charge in [-0.1, -0.05) is 31.2 Å². The molecule has 5 nitrogen and oxygen atoms in total. The molecule has 3 aromatic rings. The fourth-order valence-corrected chi connectivity index (χ4v) is 4.42. The second kappa shape index (κ2) is 9.33. The van der Waals surface area contributed by atoms with Crippen molar-refractivity contribution in [1.29, 1.82) is 0 Å². The van der Waals surface area contributed by atoms with E-state index in [0.717, 1.165) is 33.7 Å². The molecule has 2 heterocycles. The van der Waals surface area contributed by atoms with Gasteiger partial charge in [-0.05, 0) is 42.5 Å². The first-order valence-electron chi connectivity index (χ1n) is 9.73. The van der Waals surface area contributed by atoms with E-state index in [1.165, 1.54) is 11.3 Å². The zero-order chi connectivity index (χ0) is 21.0. The van der Waals surface area contributed by atoms with Crippen LogP contribution in [0.1, 0.15) is 38.2 Å². The fourth-order valence-electron chi connectivity index (χ4n) is 3.49. The smallest absolute Gasteiger partial charge is 0.261 e. The zero-order valence-electron chi connectivity index (χ0n) is 17.0. The Labute approximate surface area is 174 Å². The quantitative estimate of drug-likeness (QED) is 0.589. The number of benzene rings is 1. The van der Waals surface area contributed by atoms with Crippen molar-refractivity contribution in [1.82, 2.24) is 15.1 Å². The Morgan fingerprint density at radius 3 is 2.79 bits per heavy atom. The van der Waals surface area contributed by atoms with E-state index in [9.17, 15) is 9.18 Å². The number of nitrogens with two attached hydrogens (primary N) is 1. The third-order valence-electron chi connectivity index (χ3n) is 5.04. The van der Waals surface area contributed by atoms with Crippen LogP contribution in [0.3, 0.4) is 0 Å². The van der Waals surface area contributed by atoms with E-state index in [2.05, 4.69) is 17.3 Å². The van der Waals surface area contributed by atoms with Gasteiger partial charge >= 0.3 is 0 Å². The summed E-state index contributed by atoms with van der Waals surface area (Å²) in [6, 6.07) is 9.04. The van der Waals surface area contributed by atoms with E-state index in [0.29, 0.717) is 23.4 Å². The average molecular weight is 415 g/mol. The zero-order valence-corrected chi connectivity index (χ0v) is 17.9. The van der Waals surface area contributed by atoms with Gasteiger partial charge in [0.25, 0.3) is 5.91 Å². The number of rotatable bonds is 8. The van der Waals surface area contributed by atoms with Crippen LogP contribution in [0.5, 0.6) is 0 Å². The van der Waals surface area contributed by atoms with Crippen molar-refractivity contribution in [2.75, 3.05) is 6.54 Å². The Bertz CT molecular complexity index is 995. The van der Waals surface area contributed by atoms with E-state index < -0.39 is 6.67 Å². The molecule has 3 N–H and O–H groups in total. The SMILES string of the molecule is CCc1cnn(C)c1-c1cc(C(=O)N[C@H](CN)Cc2cccc(CF)c2)sc1C. The molecule has 154 valence electrons. The number of amides is 1. The monoisotopic (exact) mass is 414 g/mol. The summed E-state index contributed by atoms with van der Waals surface area (Å²) in [7, 11) is 1.92. The minimum Gasteiger partial charge on any atom is -0.347 e. The first-order valence-corrected chi connectivity index (χ1v) is 10.5. The summed E-state index contributed by atoms with van der Waals surface area (Å²) in [5.41, 5.74) is 10.7. The van der Waals surface area contributed by atoms with Crippen LogP contribution in [0.4, 0.5) is 4.39 Å². The number of alkyl halides is 1. The molecule has 0 spiro atoms. The van der Waals surface area contributed by atoms with Crippen LogP contribution in [0.25, 0.3) is 11.3 Å². The van der Waals surface area contributed by atoms with Crippen LogP contribution in [0, 0.1) is 6.92 Å². The van der Waals surface area contributed by atoms with Crippen molar-refractivity contribution in [3.05, 3.63) is 63.0 Å². The van der Waals surface area contributed by atoms with Crippen LogP contribution < -0.4 is 11.1 Å². The largest absolute Gasteiger partial charge is 0.347 e. The molecule has 0 radical (unpaired) electrons. The Morgan fingerprint density at radius 2 is 2.10 bits per heavy atom. The lowest BCUT2D eigenvalue weighted by Crippen LogP contribution is -2.41. The molecular formula is C22H27FN4OS. The maximum atomic E-state index is 12.9. The standard InChI is InChI=1S/C22H27FN4OS/c1-4-17-13-25-27(3)21(17)19-10-20(29-14(19)2)22(28)26-18(12-24)9-15-6-5-7-16(8-15)11-23/h5-8,10,13,18H,4,9,11-12,24H2,1-3H3,(H,26,28)/t18-/m0/s1. The molecule has 29 heavy (non-hydrogen) atoms. The molecular weight excluding hydrogens is 387 g/mol. The first-order chi connectivity index (χ1) is 14.0. The van der Waals surface area contributed by atoms with Gasteiger partial charge in [-0.25, -0.2) is 4.39 Å². The Balaban J connectivity index is 1.77. The minimum absolute atomic E-state index is 0.137. The normalized spacial score (nSPS) is 12.2. The lowest BCUT2D eigenvalue weighted by Gasteiger charge is -2.16. The van der Waals surface area contributed by atoms with Gasteiger partial charge < -0.3 is 11.1 Å².